The Balaban J connectivity index is 1.46. The molecule has 0 bridgehead atoms. The number of hydrogen-bond donors (Lipinski definition) is 0. The predicted molar refractivity (Wildman–Crippen MR) is 84.3 cm³/mol. The summed E-state index contributed by atoms with van der Waals surface area (Å²) in [4.78, 5) is 28.3. The molecule has 1 saturated carbocycles. The van der Waals surface area contributed by atoms with Crippen molar-refractivity contribution in [3.63, 3.8) is 0 Å². The summed E-state index contributed by atoms with van der Waals surface area (Å²) in [5.41, 5.74) is 0.470. The van der Waals surface area contributed by atoms with E-state index in [9.17, 15) is 14.0 Å². The van der Waals surface area contributed by atoms with Gasteiger partial charge in [0.15, 0.2) is 0 Å². The number of benzene rings is 1. The molecule has 0 radical (unpaired) electrons. The Morgan fingerprint density at radius 3 is 2.87 bits per heavy atom. The number of hydrogen-bond acceptors (Lipinski definition) is 2. The lowest BCUT2D eigenvalue weighted by Gasteiger charge is -2.24. The second kappa shape index (κ2) is 5.32. The van der Waals surface area contributed by atoms with Crippen LogP contribution in [0.3, 0.4) is 0 Å². The zero-order valence-electron chi connectivity index (χ0n) is 13.1. The molecule has 0 aromatic heterocycles. The van der Waals surface area contributed by atoms with E-state index in [0.717, 1.165) is 13.0 Å². The van der Waals surface area contributed by atoms with Gasteiger partial charge in [-0.1, -0.05) is 6.07 Å². The standard InChI is InChI=1S/C18H21FN2O2/c19-14-2-1-3-15(9-14)21-12-18(10-17(21)23)6-7-20(11-18)16(22)8-13-4-5-13/h1-3,9,13H,4-8,10-12H2. The van der Waals surface area contributed by atoms with Crippen LogP contribution in [0.1, 0.15) is 32.1 Å². The van der Waals surface area contributed by atoms with Gasteiger partial charge in [-0.3, -0.25) is 9.59 Å². The molecule has 122 valence electrons. The van der Waals surface area contributed by atoms with Crippen molar-refractivity contribution in [2.24, 2.45) is 11.3 Å². The fourth-order valence-corrected chi connectivity index (χ4v) is 3.89. The van der Waals surface area contributed by atoms with E-state index < -0.39 is 0 Å². The highest BCUT2D eigenvalue weighted by Crippen LogP contribution is 2.42. The van der Waals surface area contributed by atoms with Gasteiger partial charge in [-0.05, 0) is 43.4 Å². The van der Waals surface area contributed by atoms with Crippen LogP contribution in [-0.2, 0) is 9.59 Å². The average Bonchev–Trinajstić information content (AvgIpc) is 3.14. The highest BCUT2D eigenvalue weighted by Gasteiger charge is 2.49. The molecular formula is C18H21FN2O2. The van der Waals surface area contributed by atoms with Crippen LogP contribution in [0.25, 0.3) is 0 Å². The van der Waals surface area contributed by atoms with Crippen LogP contribution in [0.4, 0.5) is 10.1 Å². The molecule has 3 aliphatic rings. The maximum Gasteiger partial charge on any atom is 0.227 e. The summed E-state index contributed by atoms with van der Waals surface area (Å²) in [6.07, 6.45) is 4.34. The molecule has 1 unspecified atom stereocenters. The third-order valence-corrected chi connectivity index (χ3v) is 5.39. The fraction of sp³-hybridized carbons (Fsp3) is 0.556. The first-order valence-corrected chi connectivity index (χ1v) is 8.38. The molecule has 1 aliphatic carbocycles. The maximum atomic E-state index is 13.4. The molecule has 4 nitrogen and oxygen atoms in total. The van der Waals surface area contributed by atoms with E-state index in [1.807, 2.05) is 4.90 Å². The van der Waals surface area contributed by atoms with Gasteiger partial charge in [0.05, 0.1) is 0 Å². The minimum absolute atomic E-state index is 0.0343. The summed E-state index contributed by atoms with van der Waals surface area (Å²) in [6, 6.07) is 6.18. The summed E-state index contributed by atoms with van der Waals surface area (Å²) in [5.74, 6) is 0.532. The van der Waals surface area contributed by atoms with Crippen LogP contribution in [0.15, 0.2) is 24.3 Å². The Kier molecular flexibility index (Phi) is 3.39. The number of carbonyl (C=O) groups excluding carboxylic acids is 2. The zero-order chi connectivity index (χ0) is 16.0. The average molecular weight is 316 g/mol. The number of amides is 2. The van der Waals surface area contributed by atoms with Crippen molar-refractivity contribution < 1.29 is 14.0 Å². The molecular weight excluding hydrogens is 295 g/mol. The summed E-state index contributed by atoms with van der Waals surface area (Å²) in [7, 11) is 0. The molecule has 2 saturated heterocycles. The van der Waals surface area contributed by atoms with E-state index >= 15 is 0 Å². The third-order valence-electron chi connectivity index (χ3n) is 5.39. The van der Waals surface area contributed by atoms with Crippen LogP contribution in [-0.4, -0.2) is 36.3 Å². The second-order valence-corrected chi connectivity index (χ2v) is 7.35. The van der Waals surface area contributed by atoms with Gasteiger partial charge in [-0.2, -0.15) is 0 Å². The Hall–Kier alpha value is -1.91. The number of anilines is 1. The predicted octanol–water partition coefficient (Wildman–Crippen LogP) is 2.58. The van der Waals surface area contributed by atoms with E-state index in [1.54, 1.807) is 17.0 Å². The van der Waals surface area contributed by atoms with Crippen LogP contribution >= 0.6 is 0 Å². The molecule has 2 amide bonds. The highest BCUT2D eigenvalue weighted by atomic mass is 19.1. The van der Waals surface area contributed by atoms with E-state index in [-0.39, 0.29) is 23.0 Å². The van der Waals surface area contributed by atoms with Gasteiger partial charge in [0.1, 0.15) is 5.82 Å². The van der Waals surface area contributed by atoms with Crippen molar-refractivity contribution in [1.29, 1.82) is 0 Å². The van der Waals surface area contributed by atoms with Gasteiger partial charge >= 0.3 is 0 Å². The Morgan fingerprint density at radius 1 is 1.30 bits per heavy atom. The van der Waals surface area contributed by atoms with Gasteiger partial charge in [-0.15, -0.1) is 0 Å². The third kappa shape index (κ3) is 2.84. The number of carbonyl (C=O) groups is 2. The van der Waals surface area contributed by atoms with Crippen molar-refractivity contribution in [3.8, 4) is 0 Å². The quantitative estimate of drug-likeness (QED) is 0.860. The number of rotatable bonds is 3. The van der Waals surface area contributed by atoms with Gasteiger partial charge in [0, 0.05) is 43.6 Å². The van der Waals surface area contributed by atoms with Crippen LogP contribution in [0, 0.1) is 17.2 Å². The smallest absolute Gasteiger partial charge is 0.227 e. The first-order chi connectivity index (χ1) is 11.0. The monoisotopic (exact) mass is 316 g/mol. The lowest BCUT2D eigenvalue weighted by atomic mass is 9.86. The van der Waals surface area contributed by atoms with Crippen molar-refractivity contribution in [2.45, 2.75) is 32.1 Å². The van der Waals surface area contributed by atoms with Crippen molar-refractivity contribution in [1.82, 2.24) is 4.90 Å². The first kappa shape index (κ1) is 14.7. The van der Waals surface area contributed by atoms with E-state index in [0.29, 0.717) is 37.5 Å². The molecule has 1 spiro atoms. The molecule has 0 N–H and O–H groups in total. The van der Waals surface area contributed by atoms with Crippen molar-refractivity contribution >= 4 is 17.5 Å². The van der Waals surface area contributed by atoms with Gasteiger partial charge < -0.3 is 9.80 Å². The van der Waals surface area contributed by atoms with E-state index in [2.05, 4.69) is 0 Å². The maximum absolute atomic E-state index is 13.4. The Morgan fingerprint density at radius 2 is 2.13 bits per heavy atom. The Labute approximate surface area is 135 Å². The minimum atomic E-state index is -0.330. The number of likely N-dealkylation sites (tertiary alicyclic amines) is 1. The highest BCUT2D eigenvalue weighted by molar-refractivity contribution is 5.96. The molecule has 23 heavy (non-hydrogen) atoms. The topological polar surface area (TPSA) is 40.6 Å². The lowest BCUT2D eigenvalue weighted by Crippen LogP contribution is -2.34. The summed E-state index contributed by atoms with van der Waals surface area (Å²) < 4.78 is 13.4. The number of nitrogens with zero attached hydrogens (tertiary/aromatic N) is 2. The SMILES string of the molecule is O=C(CC1CC1)N1CCC2(CC(=O)N(c3cccc(F)c3)C2)C1. The van der Waals surface area contributed by atoms with E-state index in [4.69, 9.17) is 0 Å². The molecule has 1 aromatic carbocycles. The Bertz CT molecular complexity index is 658. The first-order valence-electron chi connectivity index (χ1n) is 8.38. The molecule has 2 aliphatic heterocycles. The largest absolute Gasteiger partial charge is 0.342 e. The minimum Gasteiger partial charge on any atom is -0.342 e. The zero-order valence-corrected chi connectivity index (χ0v) is 13.1. The summed E-state index contributed by atoms with van der Waals surface area (Å²) >= 11 is 0. The molecule has 4 rings (SSSR count). The van der Waals surface area contributed by atoms with E-state index in [1.165, 1.54) is 25.0 Å². The summed E-state index contributed by atoms with van der Waals surface area (Å²) in [6.45, 7) is 1.99. The normalized spacial score (nSPS) is 27.3. The van der Waals surface area contributed by atoms with Crippen LogP contribution in [0.5, 0.6) is 0 Å². The second-order valence-electron chi connectivity index (χ2n) is 7.35. The van der Waals surface area contributed by atoms with Crippen LogP contribution in [0.2, 0.25) is 0 Å². The van der Waals surface area contributed by atoms with Crippen molar-refractivity contribution in [3.05, 3.63) is 30.1 Å². The molecule has 2 heterocycles. The van der Waals surface area contributed by atoms with Gasteiger partial charge in [0.2, 0.25) is 11.8 Å². The molecule has 3 fully saturated rings. The van der Waals surface area contributed by atoms with Gasteiger partial charge in [-0.25, -0.2) is 4.39 Å². The fourth-order valence-electron chi connectivity index (χ4n) is 3.89. The molecule has 5 heteroatoms. The van der Waals surface area contributed by atoms with Crippen LogP contribution < -0.4 is 4.90 Å². The molecule has 1 aromatic rings. The van der Waals surface area contributed by atoms with Crippen molar-refractivity contribution in [2.75, 3.05) is 24.5 Å². The molecule has 1 atom stereocenters. The number of halogens is 1. The van der Waals surface area contributed by atoms with Gasteiger partial charge in [0.25, 0.3) is 0 Å². The lowest BCUT2D eigenvalue weighted by molar-refractivity contribution is -0.131. The summed E-state index contributed by atoms with van der Waals surface area (Å²) in [5, 5.41) is 0.